The van der Waals surface area contributed by atoms with Gasteiger partial charge in [0.15, 0.2) is 0 Å². The van der Waals surface area contributed by atoms with E-state index in [0.717, 1.165) is 10.6 Å². The van der Waals surface area contributed by atoms with Gasteiger partial charge in [-0.15, -0.1) is 13.2 Å². The molecule has 4 rings (SSSR count). The van der Waals surface area contributed by atoms with E-state index in [0.29, 0.717) is 27.4 Å². The van der Waals surface area contributed by atoms with Gasteiger partial charge in [-0.3, -0.25) is 23.7 Å². The van der Waals surface area contributed by atoms with E-state index in [4.69, 9.17) is 11.6 Å². The lowest BCUT2D eigenvalue weighted by Gasteiger charge is -2.17. The van der Waals surface area contributed by atoms with Gasteiger partial charge in [0, 0.05) is 43.7 Å². The monoisotopic (exact) mass is 548 g/mol. The van der Waals surface area contributed by atoms with Gasteiger partial charge in [0.05, 0.1) is 17.0 Å². The number of benzene rings is 1. The number of carbonyl (C=O) groups is 1. The number of pyridine rings is 2. The Morgan fingerprint density at radius 3 is 2.58 bits per heavy atom. The summed E-state index contributed by atoms with van der Waals surface area (Å²) in [5, 5.41) is 0.493. The Labute approximate surface area is 218 Å². The zero-order valence-electron chi connectivity index (χ0n) is 19.9. The van der Waals surface area contributed by atoms with Crippen molar-refractivity contribution in [2.45, 2.75) is 25.7 Å². The summed E-state index contributed by atoms with van der Waals surface area (Å²) in [7, 11) is 1.46. The molecule has 3 aromatic heterocycles. The Morgan fingerprint density at radius 2 is 1.89 bits per heavy atom. The molecule has 0 aliphatic heterocycles. The van der Waals surface area contributed by atoms with E-state index < -0.39 is 23.4 Å². The lowest BCUT2D eigenvalue weighted by atomic mass is 9.95. The van der Waals surface area contributed by atoms with Crippen LogP contribution in [0.5, 0.6) is 5.75 Å². The Kier molecular flexibility index (Phi) is 7.81. The molecule has 1 aromatic carbocycles. The molecule has 0 saturated carbocycles. The fraction of sp³-hybridized carbons (Fsp3) is 0.240. The fourth-order valence-corrected chi connectivity index (χ4v) is 4.16. The summed E-state index contributed by atoms with van der Waals surface area (Å²) in [4.78, 5) is 45.6. The van der Waals surface area contributed by atoms with Crippen LogP contribution in [0.15, 0.2) is 58.4 Å². The first-order valence-corrected chi connectivity index (χ1v) is 11.6. The minimum atomic E-state index is -4.89. The van der Waals surface area contributed by atoms with E-state index in [1.165, 1.54) is 36.1 Å². The summed E-state index contributed by atoms with van der Waals surface area (Å²) in [5.41, 5.74) is 0.409. The van der Waals surface area contributed by atoms with Crippen molar-refractivity contribution in [2.24, 2.45) is 7.05 Å². The van der Waals surface area contributed by atoms with Gasteiger partial charge in [-0.25, -0.2) is 9.78 Å². The largest absolute Gasteiger partial charge is 0.573 e. The highest BCUT2D eigenvalue weighted by Crippen LogP contribution is 2.32. The maximum absolute atomic E-state index is 13.7. The minimum Gasteiger partial charge on any atom is -0.468 e. The van der Waals surface area contributed by atoms with Crippen LogP contribution in [0, 0.1) is 0 Å². The predicted molar refractivity (Wildman–Crippen MR) is 132 cm³/mol. The van der Waals surface area contributed by atoms with Crippen molar-refractivity contribution < 1.29 is 27.4 Å². The number of aromatic nitrogens is 4. The van der Waals surface area contributed by atoms with Gasteiger partial charge in [-0.1, -0.05) is 23.7 Å². The average molecular weight is 549 g/mol. The molecule has 198 valence electrons. The third-order valence-electron chi connectivity index (χ3n) is 5.70. The normalized spacial score (nSPS) is 11.5. The smallest absolute Gasteiger partial charge is 0.468 e. The van der Waals surface area contributed by atoms with Gasteiger partial charge in [0.2, 0.25) is 0 Å². The first-order valence-electron chi connectivity index (χ1n) is 11.2. The van der Waals surface area contributed by atoms with Gasteiger partial charge >= 0.3 is 12.1 Å². The maximum atomic E-state index is 13.7. The van der Waals surface area contributed by atoms with E-state index >= 15 is 0 Å². The van der Waals surface area contributed by atoms with Crippen molar-refractivity contribution in [1.29, 1.82) is 0 Å². The van der Waals surface area contributed by atoms with E-state index in [-0.39, 0.29) is 43.5 Å². The van der Waals surface area contributed by atoms with Gasteiger partial charge in [0.25, 0.3) is 12.0 Å². The molecule has 0 unspecified atom stereocenters. The highest BCUT2D eigenvalue weighted by molar-refractivity contribution is 6.30. The molecule has 38 heavy (non-hydrogen) atoms. The summed E-state index contributed by atoms with van der Waals surface area (Å²) < 4.78 is 49.5. The van der Waals surface area contributed by atoms with Crippen LogP contribution in [-0.2, 0) is 29.5 Å². The predicted octanol–water partition coefficient (Wildman–Crippen LogP) is 3.86. The van der Waals surface area contributed by atoms with Gasteiger partial charge < -0.3 is 9.47 Å². The number of fused-ring (bicyclic) bond motifs is 1. The van der Waals surface area contributed by atoms with Crippen molar-refractivity contribution in [2.75, 3.05) is 6.61 Å². The van der Waals surface area contributed by atoms with E-state index in [1.54, 1.807) is 18.2 Å². The van der Waals surface area contributed by atoms with Gasteiger partial charge in [-0.2, -0.15) is 0 Å². The molecule has 0 aliphatic rings. The maximum Gasteiger partial charge on any atom is 0.573 e. The highest BCUT2D eigenvalue weighted by atomic mass is 35.5. The zero-order chi connectivity index (χ0) is 27.4. The SMILES string of the molecule is Cn1c(=O)n(CCCOC=O)c(=O)c2c(Cc3ccc(Cl)cn3)c(-c3cccc(OC(F)(F)F)c3)cnc21. The fourth-order valence-electron chi connectivity index (χ4n) is 4.05. The molecule has 0 fully saturated rings. The van der Waals surface area contributed by atoms with Crippen LogP contribution in [0.25, 0.3) is 22.2 Å². The number of aryl methyl sites for hydroxylation is 1. The highest BCUT2D eigenvalue weighted by Gasteiger charge is 2.31. The molecule has 0 atom stereocenters. The molecule has 0 N–H and O–H groups in total. The number of ether oxygens (including phenoxy) is 2. The van der Waals surface area contributed by atoms with Crippen LogP contribution < -0.4 is 16.0 Å². The number of carbonyl (C=O) groups excluding carboxylic acids is 1. The lowest BCUT2D eigenvalue weighted by molar-refractivity contribution is -0.274. The van der Waals surface area contributed by atoms with E-state index in [2.05, 4.69) is 19.4 Å². The molecule has 0 saturated heterocycles. The Hall–Kier alpha value is -4.19. The molecule has 0 radical (unpaired) electrons. The Balaban J connectivity index is 1.96. The average Bonchev–Trinajstić information content (AvgIpc) is 2.87. The molecule has 0 bridgehead atoms. The summed E-state index contributed by atoms with van der Waals surface area (Å²) >= 11 is 5.96. The molecule has 13 heteroatoms. The Bertz CT molecular complexity index is 1600. The van der Waals surface area contributed by atoms with Crippen LogP contribution in [-0.4, -0.2) is 38.5 Å². The standard InChI is InChI=1S/C25H20ClF3N4O5/c1-32-22-21(23(35)33(24(32)36)8-3-9-37-14-34)19(11-17-7-6-16(26)12-30-17)20(13-31-22)15-4-2-5-18(10-15)38-25(27,28)29/h2,4-7,10,12-14H,3,8-9,11H2,1H3. The lowest BCUT2D eigenvalue weighted by Crippen LogP contribution is -2.40. The molecule has 0 amide bonds. The molecular formula is C25H20ClF3N4O5. The van der Waals surface area contributed by atoms with Crippen molar-refractivity contribution in [3.63, 3.8) is 0 Å². The van der Waals surface area contributed by atoms with E-state index in [1.807, 2.05) is 0 Å². The van der Waals surface area contributed by atoms with Gasteiger partial charge in [-0.05, 0) is 41.8 Å². The second-order valence-electron chi connectivity index (χ2n) is 8.19. The quantitative estimate of drug-likeness (QED) is 0.231. The number of nitrogens with zero attached hydrogens (tertiary/aromatic N) is 4. The third kappa shape index (κ3) is 5.86. The second kappa shape index (κ2) is 11.1. The van der Waals surface area contributed by atoms with Crippen molar-refractivity contribution in [1.82, 2.24) is 19.1 Å². The summed E-state index contributed by atoms with van der Waals surface area (Å²) in [6, 6.07) is 8.56. The van der Waals surface area contributed by atoms with Crippen molar-refractivity contribution in [3.05, 3.63) is 85.9 Å². The van der Waals surface area contributed by atoms with Crippen LogP contribution in [0.4, 0.5) is 13.2 Å². The molecule has 0 aliphatic carbocycles. The minimum absolute atomic E-state index is 0.00295. The van der Waals surface area contributed by atoms with Gasteiger partial charge in [0.1, 0.15) is 11.4 Å². The number of hydrogen-bond acceptors (Lipinski definition) is 7. The summed E-state index contributed by atoms with van der Waals surface area (Å²) in [6.07, 6.45) is -1.79. The second-order valence-corrected chi connectivity index (χ2v) is 8.62. The van der Waals surface area contributed by atoms with Crippen LogP contribution in [0.2, 0.25) is 5.02 Å². The third-order valence-corrected chi connectivity index (χ3v) is 5.92. The summed E-state index contributed by atoms with van der Waals surface area (Å²) in [5.74, 6) is -0.446. The molecule has 4 aromatic rings. The van der Waals surface area contributed by atoms with E-state index in [9.17, 15) is 27.6 Å². The number of rotatable bonds is 9. The Morgan fingerprint density at radius 1 is 1.11 bits per heavy atom. The first-order chi connectivity index (χ1) is 18.1. The number of alkyl halides is 3. The summed E-state index contributed by atoms with van der Waals surface area (Å²) in [6.45, 7) is 0.237. The van der Waals surface area contributed by atoms with Crippen LogP contribution in [0.3, 0.4) is 0 Å². The molecule has 3 heterocycles. The van der Waals surface area contributed by atoms with Crippen LogP contribution in [0.1, 0.15) is 17.7 Å². The topological polar surface area (TPSA) is 105 Å². The first kappa shape index (κ1) is 26.9. The zero-order valence-corrected chi connectivity index (χ0v) is 20.6. The number of halogens is 4. The number of hydrogen-bond donors (Lipinski definition) is 0. The van der Waals surface area contributed by atoms with Crippen LogP contribution >= 0.6 is 11.6 Å². The molecule has 9 nitrogen and oxygen atoms in total. The molecular weight excluding hydrogens is 529 g/mol. The van der Waals surface area contributed by atoms with Crippen molar-refractivity contribution in [3.8, 4) is 16.9 Å². The van der Waals surface area contributed by atoms with Crippen molar-refractivity contribution >= 4 is 29.1 Å². The molecule has 0 spiro atoms.